The van der Waals surface area contributed by atoms with Gasteiger partial charge in [0.25, 0.3) is 5.91 Å². The third-order valence-corrected chi connectivity index (χ3v) is 7.06. The van der Waals surface area contributed by atoms with Gasteiger partial charge in [0.05, 0.1) is 5.56 Å². The number of likely N-dealkylation sites (tertiary alicyclic amines) is 1. The van der Waals surface area contributed by atoms with E-state index in [1.807, 2.05) is 36.9 Å². The van der Waals surface area contributed by atoms with Gasteiger partial charge in [0.15, 0.2) is 0 Å². The van der Waals surface area contributed by atoms with Crippen molar-refractivity contribution in [2.45, 2.75) is 58.2 Å². The van der Waals surface area contributed by atoms with E-state index in [1.165, 1.54) is 0 Å². The summed E-state index contributed by atoms with van der Waals surface area (Å²) < 4.78 is 0. The first kappa shape index (κ1) is 22.6. The SMILES string of the molecule is CCCN1CCN(C(=O)C(C)N2CCC3(CCC2=O)NC(=O)c2ccc(C)cc2N3)CC1. The standard InChI is InChI=1S/C24H35N5O3/c1-4-10-27-12-14-28(15-13-27)23(32)18(3)29-11-9-24(8-7-21(29)30)25-20-16-17(2)5-6-19(20)22(31)26-24/h5-6,16,18,25H,4,7-15H2,1-3H3,(H,26,31). The topological polar surface area (TPSA) is 85.0 Å². The first-order valence-corrected chi connectivity index (χ1v) is 11.8. The molecule has 32 heavy (non-hydrogen) atoms. The summed E-state index contributed by atoms with van der Waals surface area (Å²) in [6.07, 6.45) is 2.46. The van der Waals surface area contributed by atoms with Crippen molar-refractivity contribution in [3.63, 3.8) is 0 Å². The molecule has 3 amide bonds. The second-order valence-corrected chi connectivity index (χ2v) is 9.39. The van der Waals surface area contributed by atoms with Crippen LogP contribution in [-0.4, -0.2) is 83.4 Å². The summed E-state index contributed by atoms with van der Waals surface area (Å²) in [7, 11) is 0. The van der Waals surface area contributed by atoms with Gasteiger partial charge in [-0.3, -0.25) is 19.3 Å². The van der Waals surface area contributed by atoms with Crippen molar-refractivity contribution in [3.8, 4) is 0 Å². The first-order valence-electron chi connectivity index (χ1n) is 11.8. The van der Waals surface area contributed by atoms with Crippen LogP contribution in [0.4, 0.5) is 5.69 Å². The molecule has 2 unspecified atom stereocenters. The number of anilines is 1. The maximum Gasteiger partial charge on any atom is 0.255 e. The normalized spacial score (nSPS) is 25.1. The van der Waals surface area contributed by atoms with Crippen molar-refractivity contribution in [1.29, 1.82) is 0 Å². The minimum Gasteiger partial charge on any atom is -0.362 e. The van der Waals surface area contributed by atoms with Gasteiger partial charge in [-0.2, -0.15) is 0 Å². The molecule has 4 rings (SSSR count). The average Bonchev–Trinajstić information content (AvgIpc) is 2.92. The molecule has 0 bridgehead atoms. The van der Waals surface area contributed by atoms with Crippen molar-refractivity contribution >= 4 is 23.4 Å². The van der Waals surface area contributed by atoms with E-state index in [0.29, 0.717) is 38.0 Å². The fourth-order valence-corrected chi connectivity index (χ4v) is 5.12. The number of rotatable bonds is 4. The van der Waals surface area contributed by atoms with Crippen LogP contribution in [-0.2, 0) is 9.59 Å². The van der Waals surface area contributed by atoms with Crippen molar-refractivity contribution in [1.82, 2.24) is 20.0 Å². The van der Waals surface area contributed by atoms with Crippen LogP contribution >= 0.6 is 0 Å². The number of benzene rings is 1. The molecule has 8 nitrogen and oxygen atoms in total. The van der Waals surface area contributed by atoms with Gasteiger partial charge in [-0.15, -0.1) is 0 Å². The largest absolute Gasteiger partial charge is 0.362 e. The summed E-state index contributed by atoms with van der Waals surface area (Å²) in [6, 6.07) is 5.23. The zero-order chi connectivity index (χ0) is 22.9. The summed E-state index contributed by atoms with van der Waals surface area (Å²) in [5.41, 5.74) is 1.84. The Morgan fingerprint density at radius 1 is 1.09 bits per heavy atom. The molecule has 3 aliphatic heterocycles. The lowest BCUT2D eigenvalue weighted by molar-refractivity contribution is -0.145. The van der Waals surface area contributed by atoms with Gasteiger partial charge in [-0.05, 0) is 50.9 Å². The molecule has 0 aromatic heterocycles. The Morgan fingerprint density at radius 2 is 1.84 bits per heavy atom. The molecule has 1 aromatic rings. The van der Waals surface area contributed by atoms with Crippen LogP contribution in [0.3, 0.4) is 0 Å². The van der Waals surface area contributed by atoms with Crippen molar-refractivity contribution in [2.24, 2.45) is 0 Å². The molecule has 2 atom stereocenters. The van der Waals surface area contributed by atoms with E-state index in [9.17, 15) is 14.4 Å². The van der Waals surface area contributed by atoms with Crippen LogP contribution in [0.1, 0.15) is 55.5 Å². The maximum absolute atomic E-state index is 13.2. The molecule has 2 saturated heterocycles. The van der Waals surface area contributed by atoms with E-state index >= 15 is 0 Å². The lowest BCUT2D eigenvalue weighted by atomic mass is 9.94. The quantitative estimate of drug-likeness (QED) is 0.744. The zero-order valence-electron chi connectivity index (χ0n) is 19.4. The monoisotopic (exact) mass is 441 g/mol. The second-order valence-electron chi connectivity index (χ2n) is 9.39. The first-order chi connectivity index (χ1) is 15.3. The number of carbonyl (C=O) groups excluding carboxylic acids is 3. The van der Waals surface area contributed by atoms with E-state index in [2.05, 4.69) is 22.5 Å². The van der Waals surface area contributed by atoms with Gasteiger partial charge in [-0.1, -0.05) is 13.0 Å². The molecule has 3 aliphatic rings. The number of piperazine rings is 1. The minimum atomic E-state index is -0.670. The zero-order valence-corrected chi connectivity index (χ0v) is 19.4. The van der Waals surface area contributed by atoms with Crippen molar-refractivity contribution in [2.75, 3.05) is 44.6 Å². The van der Waals surface area contributed by atoms with Crippen LogP contribution in [0, 0.1) is 6.92 Å². The molecule has 1 aromatic carbocycles. The van der Waals surface area contributed by atoms with Gasteiger partial charge in [0.1, 0.15) is 11.7 Å². The van der Waals surface area contributed by atoms with Gasteiger partial charge in [0.2, 0.25) is 11.8 Å². The van der Waals surface area contributed by atoms with E-state index in [4.69, 9.17) is 0 Å². The second kappa shape index (κ2) is 9.10. The molecule has 8 heteroatoms. The van der Waals surface area contributed by atoms with Crippen LogP contribution in [0.5, 0.6) is 0 Å². The van der Waals surface area contributed by atoms with E-state index in [-0.39, 0.29) is 24.1 Å². The predicted molar refractivity (Wildman–Crippen MR) is 123 cm³/mol. The van der Waals surface area contributed by atoms with Gasteiger partial charge >= 0.3 is 0 Å². The Morgan fingerprint density at radius 3 is 2.56 bits per heavy atom. The molecular formula is C24H35N5O3. The van der Waals surface area contributed by atoms with E-state index in [0.717, 1.165) is 37.3 Å². The molecule has 0 radical (unpaired) electrons. The van der Waals surface area contributed by atoms with E-state index < -0.39 is 11.7 Å². The number of amides is 3. The minimum absolute atomic E-state index is 0.0204. The molecule has 0 aliphatic carbocycles. The summed E-state index contributed by atoms with van der Waals surface area (Å²) in [5.74, 6) is -0.126. The summed E-state index contributed by atoms with van der Waals surface area (Å²) in [5, 5.41) is 6.61. The number of hydrogen-bond acceptors (Lipinski definition) is 5. The van der Waals surface area contributed by atoms with Crippen LogP contribution in [0.25, 0.3) is 0 Å². The molecule has 174 valence electrons. The maximum atomic E-state index is 13.2. The Kier molecular flexibility index (Phi) is 6.42. The third kappa shape index (κ3) is 4.46. The van der Waals surface area contributed by atoms with Crippen molar-refractivity contribution < 1.29 is 14.4 Å². The van der Waals surface area contributed by atoms with Crippen molar-refractivity contribution in [3.05, 3.63) is 29.3 Å². The van der Waals surface area contributed by atoms with Gasteiger partial charge in [0, 0.05) is 51.3 Å². The number of nitrogens with zero attached hydrogens (tertiary/aromatic N) is 3. The molecule has 3 heterocycles. The summed E-state index contributed by atoms with van der Waals surface area (Å²) >= 11 is 0. The predicted octanol–water partition coefficient (Wildman–Crippen LogP) is 1.80. The van der Waals surface area contributed by atoms with Crippen LogP contribution in [0.2, 0.25) is 0 Å². The highest BCUT2D eigenvalue weighted by atomic mass is 16.2. The summed E-state index contributed by atoms with van der Waals surface area (Å²) in [4.78, 5) is 44.9. The lowest BCUT2D eigenvalue weighted by Gasteiger charge is -2.40. The number of hydrogen-bond donors (Lipinski definition) is 2. The molecule has 0 saturated carbocycles. The third-order valence-electron chi connectivity index (χ3n) is 7.06. The smallest absolute Gasteiger partial charge is 0.255 e. The average molecular weight is 442 g/mol. The highest BCUT2D eigenvalue weighted by Gasteiger charge is 2.42. The van der Waals surface area contributed by atoms with Crippen LogP contribution < -0.4 is 10.6 Å². The molecule has 2 fully saturated rings. The fraction of sp³-hybridized carbons (Fsp3) is 0.625. The highest BCUT2D eigenvalue weighted by molar-refractivity contribution is 6.02. The molecule has 2 N–H and O–H groups in total. The molecule has 1 spiro atoms. The van der Waals surface area contributed by atoms with Crippen LogP contribution in [0.15, 0.2) is 18.2 Å². The Bertz CT molecular complexity index is 896. The number of fused-ring (bicyclic) bond motifs is 1. The number of aryl methyl sites for hydroxylation is 1. The van der Waals surface area contributed by atoms with E-state index in [1.54, 1.807) is 4.90 Å². The fourth-order valence-electron chi connectivity index (χ4n) is 5.12. The van der Waals surface area contributed by atoms with Gasteiger partial charge in [-0.25, -0.2) is 0 Å². The Hall–Kier alpha value is -2.61. The lowest BCUT2D eigenvalue weighted by Crippen LogP contribution is -2.58. The number of nitrogens with one attached hydrogen (secondary N) is 2. The van der Waals surface area contributed by atoms with Gasteiger partial charge < -0.3 is 20.4 Å². The Balaban J connectivity index is 1.43. The molecular weight excluding hydrogens is 406 g/mol. The Labute approximate surface area is 190 Å². The number of carbonyl (C=O) groups is 3. The summed E-state index contributed by atoms with van der Waals surface area (Å²) in [6.45, 7) is 10.7. The highest BCUT2D eigenvalue weighted by Crippen LogP contribution is 2.32.